The number of benzene rings is 3. The summed E-state index contributed by atoms with van der Waals surface area (Å²) in [5.41, 5.74) is 2.61. The first kappa shape index (κ1) is 15.6. The molecule has 25 heavy (non-hydrogen) atoms. The van der Waals surface area contributed by atoms with Gasteiger partial charge in [0.1, 0.15) is 0 Å². The van der Waals surface area contributed by atoms with Crippen molar-refractivity contribution in [2.24, 2.45) is 0 Å². The van der Waals surface area contributed by atoms with E-state index in [0.29, 0.717) is 0 Å². The maximum Gasteiger partial charge on any atom is 0.0946 e. The summed E-state index contributed by atoms with van der Waals surface area (Å²) >= 11 is 0. The smallest absolute Gasteiger partial charge is 0.0946 e. The monoisotopic (exact) mass is 327 g/mol. The lowest BCUT2D eigenvalue weighted by molar-refractivity contribution is 0.462. The Bertz CT molecular complexity index is 925. The molecule has 0 spiro atoms. The zero-order valence-corrected chi connectivity index (χ0v) is 14.0. The van der Waals surface area contributed by atoms with E-state index in [-0.39, 0.29) is 6.04 Å². The molecular weight excluding hydrogens is 306 g/mol. The van der Waals surface area contributed by atoms with Gasteiger partial charge in [0.25, 0.3) is 0 Å². The normalized spacial score (nSPS) is 12.3. The molecule has 4 aromatic rings. The molecule has 3 nitrogen and oxygen atoms in total. The molecule has 124 valence electrons. The van der Waals surface area contributed by atoms with E-state index in [4.69, 9.17) is 0 Å². The molecule has 1 N–H and O–H groups in total. The van der Waals surface area contributed by atoms with Gasteiger partial charge in [-0.3, -0.25) is 0 Å². The van der Waals surface area contributed by atoms with Crippen molar-refractivity contribution in [3.05, 3.63) is 103 Å². The number of imidazole rings is 1. The van der Waals surface area contributed by atoms with E-state index < -0.39 is 0 Å². The summed E-state index contributed by atoms with van der Waals surface area (Å²) in [7, 11) is 0. The molecular formula is C22H21N3. The van der Waals surface area contributed by atoms with Gasteiger partial charge in [-0.25, -0.2) is 4.98 Å². The van der Waals surface area contributed by atoms with Crippen LogP contribution in [0.5, 0.6) is 0 Å². The Balaban J connectivity index is 1.58. The second-order valence-electron chi connectivity index (χ2n) is 6.24. The topological polar surface area (TPSA) is 29.9 Å². The van der Waals surface area contributed by atoms with Crippen molar-refractivity contribution in [3.8, 4) is 0 Å². The molecule has 0 aliphatic carbocycles. The number of nitrogens with zero attached hydrogens (tertiary/aromatic N) is 2. The van der Waals surface area contributed by atoms with Crippen molar-refractivity contribution in [1.29, 1.82) is 0 Å². The van der Waals surface area contributed by atoms with E-state index in [1.807, 2.05) is 18.7 Å². The highest BCUT2D eigenvalue weighted by molar-refractivity contribution is 5.85. The SMILES string of the molecule is c1ccc(C(Cn2ccnc2)NCc2cccc3ccccc23)cc1. The molecule has 1 atom stereocenters. The van der Waals surface area contributed by atoms with Gasteiger partial charge in [0.15, 0.2) is 0 Å². The fourth-order valence-electron chi connectivity index (χ4n) is 3.26. The molecule has 1 heterocycles. The zero-order chi connectivity index (χ0) is 16.9. The van der Waals surface area contributed by atoms with Crippen LogP contribution in [0, 0.1) is 0 Å². The van der Waals surface area contributed by atoms with Crippen molar-refractivity contribution in [2.75, 3.05) is 0 Å². The van der Waals surface area contributed by atoms with Gasteiger partial charge in [-0.2, -0.15) is 0 Å². The van der Waals surface area contributed by atoms with Crippen molar-refractivity contribution in [3.63, 3.8) is 0 Å². The summed E-state index contributed by atoms with van der Waals surface area (Å²) in [6, 6.07) is 25.9. The van der Waals surface area contributed by atoms with Crippen molar-refractivity contribution in [1.82, 2.24) is 14.9 Å². The lowest BCUT2D eigenvalue weighted by Crippen LogP contribution is -2.25. The Morgan fingerprint density at radius 1 is 0.880 bits per heavy atom. The second kappa shape index (κ2) is 7.32. The number of hydrogen-bond acceptors (Lipinski definition) is 2. The van der Waals surface area contributed by atoms with Gasteiger partial charge in [0.05, 0.1) is 12.4 Å². The average molecular weight is 327 g/mol. The van der Waals surface area contributed by atoms with Crippen LogP contribution in [0.1, 0.15) is 17.2 Å². The molecule has 0 radical (unpaired) electrons. The highest BCUT2D eigenvalue weighted by Gasteiger charge is 2.12. The minimum absolute atomic E-state index is 0.231. The summed E-state index contributed by atoms with van der Waals surface area (Å²) < 4.78 is 2.12. The maximum atomic E-state index is 4.16. The van der Waals surface area contributed by atoms with E-state index in [1.54, 1.807) is 0 Å². The molecule has 0 saturated heterocycles. The van der Waals surface area contributed by atoms with Crippen LogP contribution in [-0.4, -0.2) is 9.55 Å². The Labute approximate surface area is 148 Å². The molecule has 1 unspecified atom stereocenters. The van der Waals surface area contributed by atoms with Crippen molar-refractivity contribution in [2.45, 2.75) is 19.1 Å². The van der Waals surface area contributed by atoms with Crippen molar-refractivity contribution >= 4 is 10.8 Å². The molecule has 0 fully saturated rings. The number of rotatable bonds is 6. The molecule has 3 aromatic carbocycles. The molecule has 0 saturated carbocycles. The average Bonchev–Trinajstić information content (AvgIpc) is 3.19. The number of fused-ring (bicyclic) bond motifs is 1. The Kier molecular flexibility index (Phi) is 4.57. The molecule has 3 heteroatoms. The van der Waals surface area contributed by atoms with Crippen LogP contribution >= 0.6 is 0 Å². The van der Waals surface area contributed by atoms with Crippen LogP contribution in [0.15, 0.2) is 91.5 Å². The summed E-state index contributed by atoms with van der Waals surface area (Å²) in [6.45, 7) is 1.68. The molecule has 0 aliphatic heterocycles. The van der Waals surface area contributed by atoms with Gasteiger partial charge < -0.3 is 9.88 Å². The van der Waals surface area contributed by atoms with Crippen LogP contribution in [0.25, 0.3) is 10.8 Å². The first-order chi connectivity index (χ1) is 12.4. The predicted molar refractivity (Wildman–Crippen MR) is 102 cm³/mol. The van der Waals surface area contributed by atoms with Crippen LogP contribution in [0.4, 0.5) is 0 Å². The first-order valence-electron chi connectivity index (χ1n) is 8.61. The lowest BCUT2D eigenvalue weighted by atomic mass is 10.0. The van der Waals surface area contributed by atoms with Gasteiger partial charge in [0.2, 0.25) is 0 Å². The van der Waals surface area contributed by atoms with E-state index in [0.717, 1.165) is 13.1 Å². The lowest BCUT2D eigenvalue weighted by Gasteiger charge is -2.20. The Morgan fingerprint density at radius 2 is 1.68 bits per heavy atom. The Hall–Kier alpha value is -2.91. The fraction of sp³-hybridized carbons (Fsp3) is 0.136. The predicted octanol–water partition coefficient (Wildman–Crippen LogP) is 4.57. The third kappa shape index (κ3) is 3.62. The van der Waals surface area contributed by atoms with Crippen LogP contribution in [-0.2, 0) is 13.1 Å². The number of aromatic nitrogens is 2. The minimum Gasteiger partial charge on any atom is -0.336 e. The van der Waals surface area contributed by atoms with E-state index in [1.165, 1.54) is 21.9 Å². The van der Waals surface area contributed by atoms with Crippen LogP contribution in [0.2, 0.25) is 0 Å². The van der Waals surface area contributed by atoms with Gasteiger partial charge in [-0.15, -0.1) is 0 Å². The van der Waals surface area contributed by atoms with Gasteiger partial charge >= 0.3 is 0 Å². The quantitative estimate of drug-likeness (QED) is 0.562. The summed E-state index contributed by atoms with van der Waals surface area (Å²) in [4.78, 5) is 4.16. The fourth-order valence-corrected chi connectivity index (χ4v) is 3.26. The summed E-state index contributed by atoms with van der Waals surface area (Å²) in [5.74, 6) is 0. The van der Waals surface area contributed by atoms with E-state index in [9.17, 15) is 0 Å². The molecule has 0 aliphatic rings. The van der Waals surface area contributed by atoms with Crippen LogP contribution in [0.3, 0.4) is 0 Å². The van der Waals surface area contributed by atoms with Crippen LogP contribution < -0.4 is 5.32 Å². The molecule has 0 bridgehead atoms. The van der Waals surface area contributed by atoms with E-state index >= 15 is 0 Å². The van der Waals surface area contributed by atoms with E-state index in [2.05, 4.69) is 87.7 Å². The first-order valence-corrected chi connectivity index (χ1v) is 8.61. The Morgan fingerprint density at radius 3 is 2.52 bits per heavy atom. The minimum atomic E-state index is 0.231. The van der Waals surface area contributed by atoms with Gasteiger partial charge in [0, 0.05) is 25.5 Å². The van der Waals surface area contributed by atoms with Crippen molar-refractivity contribution < 1.29 is 0 Å². The van der Waals surface area contributed by atoms with Gasteiger partial charge in [-0.05, 0) is 21.9 Å². The number of hydrogen-bond donors (Lipinski definition) is 1. The second-order valence-corrected chi connectivity index (χ2v) is 6.24. The molecule has 1 aromatic heterocycles. The standard InChI is InChI=1S/C22H21N3/c1-2-8-19(9-3-1)22(16-25-14-13-23-17-25)24-15-20-11-6-10-18-7-4-5-12-21(18)20/h1-14,17,22,24H,15-16H2. The largest absolute Gasteiger partial charge is 0.336 e. The molecule has 0 amide bonds. The summed E-state index contributed by atoms with van der Waals surface area (Å²) in [6.07, 6.45) is 5.71. The summed E-state index contributed by atoms with van der Waals surface area (Å²) in [5, 5.41) is 6.33. The maximum absolute atomic E-state index is 4.16. The third-order valence-corrected chi connectivity index (χ3v) is 4.57. The number of nitrogens with one attached hydrogen (secondary N) is 1. The zero-order valence-electron chi connectivity index (χ0n) is 14.0. The molecule has 4 rings (SSSR count). The third-order valence-electron chi connectivity index (χ3n) is 4.57. The highest BCUT2D eigenvalue weighted by atomic mass is 15.1. The highest BCUT2D eigenvalue weighted by Crippen LogP contribution is 2.21. The van der Waals surface area contributed by atoms with Gasteiger partial charge in [-0.1, -0.05) is 72.8 Å².